The van der Waals surface area contributed by atoms with Crippen molar-refractivity contribution in [3.63, 3.8) is 0 Å². The number of anilines is 2. The van der Waals surface area contributed by atoms with Gasteiger partial charge in [0.15, 0.2) is 0 Å². The van der Waals surface area contributed by atoms with E-state index in [2.05, 4.69) is 15.6 Å². The lowest BCUT2D eigenvalue weighted by molar-refractivity contribution is -0.133. The minimum Gasteiger partial charge on any atom is -0.317 e. The van der Waals surface area contributed by atoms with Gasteiger partial charge in [-0.3, -0.25) is 9.59 Å². The molecule has 0 aliphatic rings. The van der Waals surface area contributed by atoms with Gasteiger partial charge in [-0.2, -0.15) is 0 Å². The predicted octanol–water partition coefficient (Wildman–Crippen LogP) is 2.84. The molecule has 0 atom stereocenters. The van der Waals surface area contributed by atoms with Crippen LogP contribution < -0.4 is 10.6 Å². The van der Waals surface area contributed by atoms with Crippen LogP contribution in [0.2, 0.25) is 0 Å². The fourth-order valence-corrected chi connectivity index (χ4v) is 2.15. The van der Waals surface area contributed by atoms with E-state index in [1.165, 1.54) is 0 Å². The van der Waals surface area contributed by atoms with Crippen molar-refractivity contribution in [1.82, 2.24) is 4.98 Å². The lowest BCUT2D eigenvalue weighted by Gasteiger charge is -2.12. The largest absolute Gasteiger partial charge is 0.317 e. The van der Waals surface area contributed by atoms with E-state index in [0.29, 0.717) is 11.5 Å². The van der Waals surface area contributed by atoms with Crippen molar-refractivity contribution in [2.24, 2.45) is 0 Å². The zero-order valence-electron chi connectivity index (χ0n) is 12.9. The Kier molecular flexibility index (Phi) is 4.88. The number of aromatic nitrogens is 1. The Balaban J connectivity index is 2.11. The summed E-state index contributed by atoms with van der Waals surface area (Å²) in [6.07, 6.45) is 2.36. The topological polar surface area (TPSA) is 71.1 Å². The van der Waals surface area contributed by atoms with Gasteiger partial charge < -0.3 is 10.6 Å². The molecule has 0 radical (unpaired) electrons. The Hall–Kier alpha value is -2.69. The van der Waals surface area contributed by atoms with Crippen LogP contribution in [-0.2, 0) is 16.0 Å². The zero-order chi connectivity index (χ0) is 16.1. The Morgan fingerprint density at radius 2 is 1.82 bits per heavy atom. The molecule has 0 saturated heterocycles. The highest BCUT2D eigenvalue weighted by Gasteiger charge is 2.16. The molecule has 0 aliphatic carbocycles. The zero-order valence-corrected chi connectivity index (χ0v) is 12.9. The van der Waals surface area contributed by atoms with Gasteiger partial charge in [-0.25, -0.2) is 4.98 Å². The van der Waals surface area contributed by atoms with E-state index in [-0.39, 0.29) is 0 Å². The van der Waals surface area contributed by atoms with Crippen molar-refractivity contribution in [1.29, 1.82) is 0 Å². The summed E-state index contributed by atoms with van der Waals surface area (Å²) in [5.74, 6) is -1.07. The molecule has 1 aromatic heterocycles. The van der Waals surface area contributed by atoms with E-state index in [9.17, 15) is 9.59 Å². The molecular weight excluding hydrogens is 278 g/mol. The molecule has 22 heavy (non-hydrogen) atoms. The number of rotatable bonds is 3. The minimum atomic E-state index is -0.733. The summed E-state index contributed by atoms with van der Waals surface area (Å²) in [7, 11) is 0. The lowest BCUT2D eigenvalue weighted by Crippen LogP contribution is -2.30. The molecule has 0 saturated carbocycles. The van der Waals surface area contributed by atoms with Crippen LogP contribution in [0.3, 0.4) is 0 Å². The molecule has 114 valence electrons. The summed E-state index contributed by atoms with van der Waals surface area (Å²) in [4.78, 5) is 28.1. The first-order valence-electron chi connectivity index (χ1n) is 7.14. The van der Waals surface area contributed by atoms with Crippen molar-refractivity contribution in [2.75, 3.05) is 10.6 Å². The SMILES string of the molecule is CCc1cccc(C)c1NC(=O)C(=O)Nc1cc(C)ccn1. The maximum absolute atomic E-state index is 12.1. The van der Waals surface area contributed by atoms with Crippen LogP contribution >= 0.6 is 0 Å². The number of benzene rings is 1. The number of carbonyl (C=O) groups excluding carboxylic acids is 2. The normalized spacial score (nSPS) is 10.1. The standard InChI is InChI=1S/C17H19N3O2/c1-4-13-7-5-6-12(3)15(13)20-17(22)16(21)19-14-10-11(2)8-9-18-14/h5-10H,4H2,1-3H3,(H,20,22)(H,18,19,21). The van der Waals surface area contributed by atoms with Crippen LogP contribution in [0, 0.1) is 13.8 Å². The molecule has 1 heterocycles. The third kappa shape index (κ3) is 3.69. The summed E-state index contributed by atoms with van der Waals surface area (Å²) in [6, 6.07) is 9.28. The summed E-state index contributed by atoms with van der Waals surface area (Å²) in [5.41, 5.74) is 3.57. The van der Waals surface area contributed by atoms with Crippen molar-refractivity contribution < 1.29 is 9.59 Å². The van der Waals surface area contributed by atoms with Crippen molar-refractivity contribution in [3.8, 4) is 0 Å². The molecule has 1 aromatic carbocycles. The minimum absolute atomic E-state index is 0.362. The maximum Gasteiger partial charge on any atom is 0.315 e. The van der Waals surface area contributed by atoms with Crippen LogP contribution in [0.15, 0.2) is 36.5 Å². The molecule has 0 spiro atoms. The fourth-order valence-electron chi connectivity index (χ4n) is 2.15. The molecule has 0 fully saturated rings. The van der Waals surface area contributed by atoms with Gasteiger partial charge in [0.05, 0.1) is 0 Å². The summed E-state index contributed by atoms with van der Waals surface area (Å²) < 4.78 is 0. The third-order valence-corrected chi connectivity index (χ3v) is 3.34. The van der Waals surface area contributed by atoms with Crippen molar-refractivity contribution >= 4 is 23.3 Å². The molecule has 2 amide bonds. The summed E-state index contributed by atoms with van der Waals surface area (Å²) in [5, 5.41) is 5.18. The molecular formula is C17H19N3O2. The van der Waals surface area contributed by atoms with Gasteiger partial charge in [-0.15, -0.1) is 0 Å². The predicted molar refractivity (Wildman–Crippen MR) is 86.8 cm³/mol. The van der Waals surface area contributed by atoms with E-state index < -0.39 is 11.8 Å². The van der Waals surface area contributed by atoms with E-state index in [0.717, 1.165) is 23.1 Å². The Bertz CT molecular complexity index is 711. The molecule has 0 unspecified atom stereocenters. The Morgan fingerprint density at radius 1 is 1.09 bits per heavy atom. The molecule has 0 aliphatic heterocycles. The second kappa shape index (κ2) is 6.85. The van der Waals surface area contributed by atoms with E-state index in [1.807, 2.05) is 45.0 Å². The first-order chi connectivity index (χ1) is 10.5. The second-order valence-corrected chi connectivity index (χ2v) is 5.09. The van der Waals surface area contributed by atoms with Gasteiger partial charge in [-0.1, -0.05) is 25.1 Å². The highest BCUT2D eigenvalue weighted by atomic mass is 16.2. The molecule has 2 aromatic rings. The number of para-hydroxylation sites is 1. The number of hydrogen-bond donors (Lipinski definition) is 2. The van der Waals surface area contributed by atoms with Crippen LogP contribution in [0.4, 0.5) is 11.5 Å². The molecule has 2 rings (SSSR count). The fraction of sp³-hybridized carbons (Fsp3) is 0.235. The molecule has 5 heteroatoms. The first kappa shape index (κ1) is 15.7. The van der Waals surface area contributed by atoms with Crippen LogP contribution in [0.25, 0.3) is 0 Å². The summed E-state index contributed by atoms with van der Waals surface area (Å²) in [6.45, 7) is 5.79. The highest BCUT2D eigenvalue weighted by molar-refractivity contribution is 6.43. The van der Waals surface area contributed by atoms with Gasteiger partial charge in [0.25, 0.3) is 0 Å². The van der Waals surface area contributed by atoms with Gasteiger partial charge in [0.1, 0.15) is 5.82 Å². The van der Waals surface area contributed by atoms with Crippen LogP contribution in [0.1, 0.15) is 23.6 Å². The van der Waals surface area contributed by atoms with Gasteiger partial charge in [0.2, 0.25) is 0 Å². The molecule has 2 N–H and O–H groups in total. The number of nitrogens with one attached hydrogen (secondary N) is 2. The van der Waals surface area contributed by atoms with E-state index in [1.54, 1.807) is 12.3 Å². The quantitative estimate of drug-likeness (QED) is 0.856. The van der Waals surface area contributed by atoms with Gasteiger partial charge in [-0.05, 0) is 49.1 Å². The average Bonchev–Trinajstić information content (AvgIpc) is 2.49. The maximum atomic E-state index is 12.1. The van der Waals surface area contributed by atoms with Gasteiger partial charge >= 0.3 is 11.8 Å². The molecule has 5 nitrogen and oxygen atoms in total. The number of nitrogens with zero attached hydrogens (tertiary/aromatic N) is 1. The second-order valence-electron chi connectivity index (χ2n) is 5.09. The smallest absolute Gasteiger partial charge is 0.315 e. The molecule has 0 bridgehead atoms. The number of amides is 2. The van der Waals surface area contributed by atoms with Crippen molar-refractivity contribution in [3.05, 3.63) is 53.2 Å². The van der Waals surface area contributed by atoms with E-state index in [4.69, 9.17) is 0 Å². The Labute approximate surface area is 129 Å². The highest BCUT2D eigenvalue weighted by Crippen LogP contribution is 2.21. The van der Waals surface area contributed by atoms with Gasteiger partial charge in [0, 0.05) is 11.9 Å². The third-order valence-electron chi connectivity index (χ3n) is 3.34. The number of pyridine rings is 1. The van der Waals surface area contributed by atoms with Crippen molar-refractivity contribution in [2.45, 2.75) is 27.2 Å². The Morgan fingerprint density at radius 3 is 2.50 bits per heavy atom. The first-order valence-corrected chi connectivity index (χ1v) is 7.14. The monoisotopic (exact) mass is 297 g/mol. The van der Waals surface area contributed by atoms with E-state index >= 15 is 0 Å². The number of carbonyl (C=O) groups is 2. The van der Waals surface area contributed by atoms with Crippen LogP contribution in [0.5, 0.6) is 0 Å². The lowest BCUT2D eigenvalue weighted by atomic mass is 10.1. The average molecular weight is 297 g/mol. The number of hydrogen-bond acceptors (Lipinski definition) is 3. The van der Waals surface area contributed by atoms with Crippen LogP contribution in [-0.4, -0.2) is 16.8 Å². The summed E-state index contributed by atoms with van der Waals surface area (Å²) >= 11 is 0. The number of aryl methyl sites for hydroxylation is 3.